The molecule has 1 aromatic carbocycles. The first-order chi connectivity index (χ1) is 6.77. The Kier molecular flexibility index (Phi) is 5.15. The van der Waals surface area contributed by atoms with Gasteiger partial charge in [0.1, 0.15) is 5.75 Å². The molecule has 1 aromatic rings. The van der Waals surface area contributed by atoms with Crippen molar-refractivity contribution in [1.29, 1.82) is 0 Å². The maximum atomic E-state index is 5.90. The Balaban J connectivity index is 2.67. The van der Waals surface area contributed by atoms with Gasteiger partial charge in [-0.2, -0.15) is 11.8 Å². The van der Waals surface area contributed by atoms with Crippen LogP contribution in [-0.2, 0) is 5.75 Å². The van der Waals surface area contributed by atoms with E-state index in [1.165, 1.54) is 0 Å². The third-order valence-electron chi connectivity index (χ3n) is 1.76. The van der Waals surface area contributed by atoms with Crippen molar-refractivity contribution in [2.75, 3.05) is 19.4 Å². The molecule has 0 fully saturated rings. The zero-order valence-corrected chi connectivity index (χ0v) is 9.70. The molecule has 0 aromatic heterocycles. The van der Waals surface area contributed by atoms with Crippen LogP contribution in [0.15, 0.2) is 18.2 Å². The summed E-state index contributed by atoms with van der Waals surface area (Å²) in [7, 11) is 1.67. The van der Waals surface area contributed by atoms with Gasteiger partial charge in [-0.15, -0.1) is 0 Å². The average Bonchev–Trinajstić information content (AvgIpc) is 2.19. The maximum Gasteiger partial charge on any atom is 0.122 e. The van der Waals surface area contributed by atoms with Gasteiger partial charge >= 0.3 is 0 Å². The summed E-state index contributed by atoms with van der Waals surface area (Å²) in [6.45, 7) is 0.702. The second kappa shape index (κ2) is 6.17. The molecule has 0 aliphatic heterocycles. The standard InChI is InChI=1S/C10H14ClNOS/c1-13-10-3-2-9(11)6-8(10)7-14-5-4-12/h2-3,6H,4-5,7,12H2,1H3. The van der Waals surface area contributed by atoms with Crippen molar-refractivity contribution in [2.24, 2.45) is 5.73 Å². The van der Waals surface area contributed by atoms with Crippen molar-refractivity contribution in [3.63, 3.8) is 0 Å². The molecule has 0 unspecified atom stereocenters. The number of methoxy groups -OCH3 is 1. The minimum Gasteiger partial charge on any atom is -0.496 e. The summed E-state index contributed by atoms with van der Waals surface area (Å²) in [5, 5.41) is 0.745. The average molecular weight is 232 g/mol. The molecule has 14 heavy (non-hydrogen) atoms. The van der Waals surface area contributed by atoms with E-state index in [4.69, 9.17) is 22.1 Å². The van der Waals surface area contributed by atoms with Gasteiger partial charge in [0.2, 0.25) is 0 Å². The van der Waals surface area contributed by atoms with Gasteiger partial charge in [-0.3, -0.25) is 0 Å². The molecule has 0 spiro atoms. The minimum atomic E-state index is 0.702. The van der Waals surface area contributed by atoms with Crippen LogP contribution in [-0.4, -0.2) is 19.4 Å². The van der Waals surface area contributed by atoms with Gasteiger partial charge in [0.05, 0.1) is 7.11 Å². The van der Waals surface area contributed by atoms with Gasteiger partial charge < -0.3 is 10.5 Å². The summed E-state index contributed by atoms with van der Waals surface area (Å²) in [6.07, 6.45) is 0. The second-order valence-corrected chi connectivity index (χ2v) is 4.34. The number of benzene rings is 1. The highest BCUT2D eigenvalue weighted by Gasteiger charge is 2.03. The highest BCUT2D eigenvalue weighted by Crippen LogP contribution is 2.26. The molecule has 0 atom stereocenters. The number of hydrogen-bond donors (Lipinski definition) is 1. The first-order valence-electron chi connectivity index (χ1n) is 4.38. The van der Waals surface area contributed by atoms with E-state index in [0.29, 0.717) is 6.54 Å². The normalized spacial score (nSPS) is 10.2. The minimum absolute atomic E-state index is 0.702. The molecule has 0 saturated carbocycles. The van der Waals surface area contributed by atoms with Crippen molar-refractivity contribution in [2.45, 2.75) is 5.75 Å². The van der Waals surface area contributed by atoms with E-state index < -0.39 is 0 Å². The fraction of sp³-hybridized carbons (Fsp3) is 0.400. The van der Waals surface area contributed by atoms with E-state index in [1.54, 1.807) is 18.9 Å². The topological polar surface area (TPSA) is 35.2 Å². The Labute approximate surface area is 93.8 Å². The molecule has 78 valence electrons. The molecule has 1 rings (SSSR count). The molecule has 0 aliphatic rings. The van der Waals surface area contributed by atoms with E-state index in [2.05, 4.69) is 0 Å². The lowest BCUT2D eigenvalue weighted by Crippen LogP contribution is -2.01. The van der Waals surface area contributed by atoms with Crippen LogP contribution in [0.2, 0.25) is 5.02 Å². The van der Waals surface area contributed by atoms with E-state index in [9.17, 15) is 0 Å². The van der Waals surface area contributed by atoms with Crippen LogP contribution in [0.1, 0.15) is 5.56 Å². The smallest absolute Gasteiger partial charge is 0.122 e. The zero-order chi connectivity index (χ0) is 10.4. The predicted octanol–water partition coefficient (Wildman–Crippen LogP) is 2.54. The Morgan fingerprint density at radius 1 is 1.50 bits per heavy atom. The van der Waals surface area contributed by atoms with Crippen LogP contribution >= 0.6 is 23.4 Å². The van der Waals surface area contributed by atoms with Gasteiger partial charge in [0, 0.05) is 28.6 Å². The zero-order valence-electron chi connectivity index (χ0n) is 8.13. The lowest BCUT2D eigenvalue weighted by atomic mass is 10.2. The van der Waals surface area contributed by atoms with E-state index in [0.717, 1.165) is 27.8 Å². The molecule has 0 heterocycles. The van der Waals surface area contributed by atoms with Gasteiger partial charge in [0.25, 0.3) is 0 Å². The number of halogens is 1. The Morgan fingerprint density at radius 2 is 2.29 bits per heavy atom. The SMILES string of the molecule is COc1ccc(Cl)cc1CSCCN. The largest absolute Gasteiger partial charge is 0.496 e. The summed E-state index contributed by atoms with van der Waals surface area (Å²) < 4.78 is 5.23. The predicted molar refractivity (Wildman–Crippen MR) is 63.2 cm³/mol. The van der Waals surface area contributed by atoms with E-state index in [1.807, 2.05) is 18.2 Å². The number of rotatable bonds is 5. The molecule has 0 radical (unpaired) electrons. The van der Waals surface area contributed by atoms with Crippen molar-refractivity contribution >= 4 is 23.4 Å². The van der Waals surface area contributed by atoms with Crippen molar-refractivity contribution < 1.29 is 4.74 Å². The lowest BCUT2D eigenvalue weighted by Gasteiger charge is -2.08. The van der Waals surface area contributed by atoms with Crippen LogP contribution in [0.3, 0.4) is 0 Å². The second-order valence-electron chi connectivity index (χ2n) is 2.80. The summed E-state index contributed by atoms with van der Waals surface area (Å²) >= 11 is 7.68. The molecular weight excluding hydrogens is 218 g/mol. The molecule has 2 N–H and O–H groups in total. The van der Waals surface area contributed by atoms with Crippen LogP contribution in [0.5, 0.6) is 5.75 Å². The summed E-state index contributed by atoms with van der Waals surface area (Å²) in [4.78, 5) is 0. The molecule has 0 aliphatic carbocycles. The third-order valence-corrected chi connectivity index (χ3v) is 3.04. The van der Waals surface area contributed by atoms with Gasteiger partial charge in [-0.25, -0.2) is 0 Å². The van der Waals surface area contributed by atoms with Gasteiger partial charge in [-0.05, 0) is 18.2 Å². The van der Waals surface area contributed by atoms with Gasteiger partial charge in [-0.1, -0.05) is 11.6 Å². The van der Waals surface area contributed by atoms with Gasteiger partial charge in [0.15, 0.2) is 0 Å². The van der Waals surface area contributed by atoms with Crippen LogP contribution in [0.4, 0.5) is 0 Å². The van der Waals surface area contributed by atoms with Crippen molar-refractivity contribution in [1.82, 2.24) is 0 Å². The van der Waals surface area contributed by atoms with Crippen LogP contribution in [0, 0.1) is 0 Å². The highest BCUT2D eigenvalue weighted by atomic mass is 35.5. The number of nitrogens with two attached hydrogens (primary N) is 1. The number of hydrogen-bond acceptors (Lipinski definition) is 3. The Hall–Kier alpha value is -0.380. The summed E-state index contributed by atoms with van der Waals surface area (Å²) in [6, 6.07) is 5.65. The molecule has 2 nitrogen and oxygen atoms in total. The Bertz CT molecular complexity index is 293. The first kappa shape index (κ1) is 11.7. The fourth-order valence-electron chi connectivity index (χ4n) is 1.13. The first-order valence-corrected chi connectivity index (χ1v) is 5.91. The molecule has 0 bridgehead atoms. The summed E-state index contributed by atoms with van der Waals surface area (Å²) in [5.74, 6) is 2.73. The van der Waals surface area contributed by atoms with Crippen molar-refractivity contribution in [3.05, 3.63) is 28.8 Å². The monoisotopic (exact) mass is 231 g/mol. The fourth-order valence-corrected chi connectivity index (χ4v) is 2.08. The molecule has 0 saturated heterocycles. The lowest BCUT2D eigenvalue weighted by molar-refractivity contribution is 0.411. The van der Waals surface area contributed by atoms with Crippen molar-refractivity contribution in [3.8, 4) is 5.75 Å². The number of thioether (sulfide) groups is 1. The van der Waals surface area contributed by atoms with Crippen LogP contribution in [0.25, 0.3) is 0 Å². The Morgan fingerprint density at radius 3 is 2.93 bits per heavy atom. The highest BCUT2D eigenvalue weighted by molar-refractivity contribution is 7.98. The quantitative estimate of drug-likeness (QED) is 0.792. The molecular formula is C10H14ClNOS. The molecule has 4 heteroatoms. The molecule has 0 amide bonds. The van der Waals surface area contributed by atoms with E-state index in [-0.39, 0.29) is 0 Å². The van der Waals surface area contributed by atoms with E-state index >= 15 is 0 Å². The maximum absolute atomic E-state index is 5.90. The summed E-state index contributed by atoms with van der Waals surface area (Å²) in [5.41, 5.74) is 6.54. The number of ether oxygens (including phenoxy) is 1. The van der Waals surface area contributed by atoms with Crippen LogP contribution < -0.4 is 10.5 Å². The third kappa shape index (κ3) is 3.40.